The fourth-order valence-electron chi connectivity index (χ4n) is 2.69. The molecule has 0 radical (unpaired) electrons. The topological polar surface area (TPSA) is 61.8 Å². The van der Waals surface area contributed by atoms with Crippen LogP contribution in [0.3, 0.4) is 0 Å². The van der Waals surface area contributed by atoms with Crippen LogP contribution in [0.5, 0.6) is 0 Å². The predicted molar refractivity (Wildman–Crippen MR) is 80.2 cm³/mol. The molecule has 1 saturated heterocycles. The predicted octanol–water partition coefficient (Wildman–Crippen LogP) is 0.971. The fourth-order valence-corrected chi connectivity index (χ4v) is 2.69. The fraction of sp³-hybridized carbons (Fsp3) is 0.562. The second-order valence-corrected chi connectivity index (χ2v) is 5.84. The van der Waals surface area contributed by atoms with E-state index in [0.717, 1.165) is 29.7 Å². The summed E-state index contributed by atoms with van der Waals surface area (Å²) in [7, 11) is 0. The molecule has 21 heavy (non-hydrogen) atoms. The van der Waals surface area contributed by atoms with Crippen molar-refractivity contribution < 1.29 is 14.6 Å². The zero-order chi connectivity index (χ0) is 14.8. The number of aryl methyl sites for hydroxylation is 1. The van der Waals surface area contributed by atoms with Crippen LogP contribution >= 0.6 is 0 Å². The van der Waals surface area contributed by atoms with Crippen LogP contribution in [0.15, 0.2) is 18.2 Å². The number of hydrogen-bond acceptors (Lipinski definition) is 4. The molecule has 1 atom stereocenters. The molecule has 5 nitrogen and oxygen atoms in total. The van der Waals surface area contributed by atoms with Crippen LogP contribution in [0.4, 0.5) is 5.69 Å². The van der Waals surface area contributed by atoms with Gasteiger partial charge in [0.15, 0.2) is 0 Å². The third kappa shape index (κ3) is 3.19. The Labute approximate surface area is 124 Å². The van der Waals surface area contributed by atoms with Crippen molar-refractivity contribution >= 4 is 11.6 Å². The van der Waals surface area contributed by atoms with Crippen LogP contribution in [-0.2, 0) is 16.1 Å². The van der Waals surface area contributed by atoms with Gasteiger partial charge in [-0.25, -0.2) is 0 Å². The monoisotopic (exact) mass is 290 g/mol. The minimum atomic E-state index is -0.265. The number of carbonyl (C=O) groups is 1. The normalized spacial score (nSPS) is 22.2. The molecule has 1 unspecified atom stereocenters. The van der Waals surface area contributed by atoms with Crippen LogP contribution in [0.25, 0.3) is 0 Å². The lowest BCUT2D eigenvalue weighted by atomic mass is 10.1. The van der Waals surface area contributed by atoms with Gasteiger partial charge in [-0.2, -0.15) is 0 Å². The Kier molecular flexibility index (Phi) is 4.12. The molecule has 5 heteroatoms. The number of rotatable bonds is 4. The Morgan fingerprint density at radius 1 is 1.48 bits per heavy atom. The van der Waals surface area contributed by atoms with Gasteiger partial charge in [0.05, 0.1) is 19.8 Å². The zero-order valence-electron chi connectivity index (χ0n) is 12.3. The van der Waals surface area contributed by atoms with E-state index in [9.17, 15) is 9.90 Å². The van der Waals surface area contributed by atoms with Gasteiger partial charge in [-0.3, -0.25) is 4.79 Å². The number of nitrogens with zero attached hydrogens (tertiary/aromatic N) is 1. The molecule has 114 valence electrons. The minimum Gasteiger partial charge on any atom is -0.392 e. The van der Waals surface area contributed by atoms with Gasteiger partial charge in [0.2, 0.25) is 5.91 Å². The Hall–Kier alpha value is -1.59. The van der Waals surface area contributed by atoms with Crippen LogP contribution < -0.4 is 10.2 Å². The van der Waals surface area contributed by atoms with Crippen LogP contribution in [0.1, 0.15) is 24.0 Å². The SMILES string of the molecule is Cc1cc(N2CCOCC2C(=O)NC2CC2)ccc1CO. The first-order valence-corrected chi connectivity index (χ1v) is 7.54. The van der Waals surface area contributed by atoms with Gasteiger partial charge in [0, 0.05) is 18.3 Å². The largest absolute Gasteiger partial charge is 0.392 e. The summed E-state index contributed by atoms with van der Waals surface area (Å²) >= 11 is 0. The molecule has 1 aliphatic heterocycles. The smallest absolute Gasteiger partial charge is 0.245 e. The van der Waals surface area contributed by atoms with E-state index >= 15 is 0 Å². The summed E-state index contributed by atoms with van der Waals surface area (Å²) in [4.78, 5) is 14.5. The highest BCUT2D eigenvalue weighted by Gasteiger charge is 2.33. The maximum Gasteiger partial charge on any atom is 0.245 e. The molecule has 2 N–H and O–H groups in total. The lowest BCUT2D eigenvalue weighted by Gasteiger charge is -2.36. The summed E-state index contributed by atoms with van der Waals surface area (Å²) in [5, 5.41) is 12.3. The molecule has 1 aromatic rings. The van der Waals surface area contributed by atoms with Crippen molar-refractivity contribution in [2.24, 2.45) is 0 Å². The molecule has 2 fully saturated rings. The first kappa shape index (κ1) is 14.4. The maximum atomic E-state index is 12.4. The number of amides is 1. The molecule has 0 bridgehead atoms. The van der Waals surface area contributed by atoms with Crippen molar-refractivity contribution in [1.29, 1.82) is 0 Å². The van der Waals surface area contributed by atoms with Crippen LogP contribution in [-0.4, -0.2) is 42.9 Å². The molecular weight excluding hydrogens is 268 g/mol. The third-order valence-corrected chi connectivity index (χ3v) is 4.18. The number of ether oxygens (including phenoxy) is 1. The van der Waals surface area contributed by atoms with Gasteiger partial charge < -0.3 is 20.1 Å². The summed E-state index contributed by atoms with van der Waals surface area (Å²) in [5.41, 5.74) is 2.98. The van der Waals surface area contributed by atoms with Crippen molar-refractivity contribution in [3.05, 3.63) is 29.3 Å². The van der Waals surface area contributed by atoms with Gasteiger partial charge in [-0.05, 0) is 43.0 Å². The molecule has 3 rings (SSSR count). The number of nitrogens with one attached hydrogen (secondary N) is 1. The molecule has 0 spiro atoms. The summed E-state index contributed by atoms with van der Waals surface area (Å²) in [5.74, 6) is 0.0566. The standard InChI is InChI=1S/C16H22N2O3/c1-11-8-14(5-2-12(11)9-19)18-6-7-21-10-15(18)16(20)17-13-3-4-13/h2,5,8,13,15,19H,3-4,6-7,9-10H2,1H3,(H,17,20). The highest BCUT2D eigenvalue weighted by Crippen LogP contribution is 2.24. The molecule has 0 aromatic heterocycles. The maximum absolute atomic E-state index is 12.4. The van der Waals surface area contributed by atoms with Gasteiger partial charge in [0.25, 0.3) is 0 Å². The summed E-state index contributed by atoms with van der Waals surface area (Å²) in [6.07, 6.45) is 2.17. The van der Waals surface area contributed by atoms with Crippen molar-refractivity contribution in [3.63, 3.8) is 0 Å². The van der Waals surface area contributed by atoms with Crippen LogP contribution in [0, 0.1) is 6.92 Å². The van der Waals surface area contributed by atoms with E-state index in [1.54, 1.807) is 0 Å². The molecule has 2 aliphatic rings. The van der Waals surface area contributed by atoms with Crippen molar-refractivity contribution in [2.75, 3.05) is 24.7 Å². The van der Waals surface area contributed by atoms with E-state index < -0.39 is 0 Å². The number of aliphatic hydroxyl groups is 1. The van der Waals surface area contributed by atoms with Crippen LogP contribution in [0.2, 0.25) is 0 Å². The lowest BCUT2D eigenvalue weighted by molar-refractivity contribution is -0.124. The minimum absolute atomic E-state index is 0.0425. The number of carbonyl (C=O) groups excluding carboxylic acids is 1. The third-order valence-electron chi connectivity index (χ3n) is 4.18. The van der Waals surface area contributed by atoms with E-state index in [4.69, 9.17) is 4.74 Å². The molecule has 1 heterocycles. The number of morpholine rings is 1. The summed E-state index contributed by atoms with van der Waals surface area (Å²) < 4.78 is 5.49. The molecular formula is C16H22N2O3. The van der Waals surface area contributed by atoms with Gasteiger partial charge in [-0.1, -0.05) is 6.07 Å². The summed E-state index contributed by atoms with van der Waals surface area (Å²) in [6.45, 7) is 3.80. The van der Waals surface area contributed by atoms with Crippen molar-refractivity contribution in [3.8, 4) is 0 Å². The quantitative estimate of drug-likeness (QED) is 0.867. The average molecular weight is 290 g/mol. The Balaban J connectivity index is 1.79. The van der Waals surface area contributed by atoms with E-state index in [1.807, 2.05) is 25.1 Å². The molecule has 1 aliphatic carbocycles. The van der Waals surface area contributed by atoms with Gasteiger partial charge >= 0.3 is 0 Å². The Bertz CT molecular complexity index is 528. The van der Waals surface area contributed by atoms with E-state index in [2.05, 4.69) is 10.2 Å². The molecule has 1 saturated carbocycles. The summed E-state index contributed by atoms with van der Waals surface area (Å²) in [6, 6.07) is 6.03. The Morgan fingerprint density at radius 2 is 2.29 bits per heavy atom. The number of hydrogen-bond donors (Lipinski definition) is 2. The van der Waals surface area contributed by atoms with Crippen molar-refractivity contribution in [2.45, 2.75) is 38.5 Å². The van der Waals surface area contributed by atoms with Gasteiger partial charge in [-0.15, -0.1) is 0 Å². The Morgan fingerprint density at radius 3 is 2.95 bits per heavy atom. The van der Waals surface area contributed by atoms with E-state index in [0.29, 0.717) is 25.8 Å². The second kappa shape index (κ2) is 6.03. The zero-order valence-corrected chi connectivity index (χ0v) is 12.3. The van der Waals surface area contributed by atoms with Crippen molar-refractivity contribution in [1.82, 2.24) is 5.32 Å². The van der Waals surface area contributed by atoms with E-state index in [-0.39, 0.29) is 18.6 Å². The lowest BCUT2D eigenvalue weighted by Crippen LogP contribution is -2.54. The number of aliphatic hydroxyl groups excluding tert-OH is 1. The number of benzene rings is 1. The molecule has 1 aromatic carbocycles. The highest BCUT2D eigenvalue weighted by atomic mass is 16.5. The highest BCUT2D eigenvalue weighted by molar-refractivity contribution is 5.86. The number of anilines is 1. The second-order valence-electron chi connectivity index (χ2n) is 5.84. The average Bonchev–Trinajstić information content (AvgIpc) is 3.31. The first-order valence-electron chi connectivity index (χ1n) is 7.54. The first-order chi connectivity index (χ1) is 10.2. The van der Waals surface area contributed by atoms with Gasteiger partial charge in [0.1, 0.15) is 6.04 Å². The van der Waals surface area contributed by atoms with E-state index in [1.165, 1.54) is 0 Å². The molecule has 1 amide bonds.